The number of anilines is 1. The van der Waals surface area contributed by atoms with Gasteiger partial charge in [0.05, 0.1) is 5.92 Å². The van der Waals surface area contributed by atoms with E-state index in [-0.39, 0.29) is 30.2 Å². The van der Waals surface area contributed by atoms with Crippen molar-refractivity contribution in [2.75, 3.05) is 31.6 Å². The maximum absolute atomic E-state index is 12.3. The molecule has 2 N–H and O–H groups in total. The standard InChI is InChI=1S/C18H25N3O4/c1-3-16(22)20-14-6-5-7-15(10-14)25-12-17(23)21-9-8-13(11-21)18(24)19-4-2/h5-7,10,13H,3-4,8-9,11-12H2,1-2H3,(H,19,24)(H,20,22)/t13-/m1/s1. The van der Waals surface area contributed by atoms with E-state index in [9.17, 15) is 14.4 Å². The first-order chi connectivity index (χ1) is 12.0. The number of hydrogen-bond acceptors (Lipinski definition) is 4. The Balaban J connectivity index is 1.83. The predicted octanol–water partition coefficient (Wildman–Crippen LogP) is 1.40. The third kappa shape index (κ3) is 5.48. The second-order valence-electron chi connectivity index (χ2n) is 5.94. The second kappa shape index (κ2) is 9.05. The largest absolute Gasteiger partial charge is 0.484 e. The van der Waals surface area contributed by atoms with Gasteiger partial charge in [-0.1, -0.05) is 13.0 Å². The van der Waals surface area contributed by atoms with Crippen LogP contribution in [0.1, 0.15) is 26.7 Å². The lowest BCUT2D eigenvalue weighted by molar-refractivity contribution is -0.132. The Morgan fingerprint density at radius 1 is 1.28 bits per heavy atom. The van der Waals surface area contributed by atoms with Crippen LogP contribution in [0.2, 0.25) is 0 Å². The Bertz CT molecular complexity index is 633. The third-order valence-corrected chi connectivity index (χ3v) is 4.06. The number of ether oxygens (including phenoxy) is 1. The molecule has 1 aliphatic heterocycles. The number of hydrogen-bond donors (Lipinski definition) is 2. The van der Waals surface area contributed by atoms with Gasteiger partial charge in [0.15, 0.2) is 6.61 Å². The quantitative estimate of drug-likeness (QED) is 0.780. The van der Waals surface area contributed by atoms with Gasteiger partial charge in [-0.3, -0.25) is 14.4 Å². The van der Waals surface area contributed by atoms with Crippen LogP contribution in [0.5, 0.6) is 5.75 Å². The number of nitrogens with zero attached hydrogens (tertiary/aromatic N) is 1. The molecule has 7 nitrogen and oxygen atoms in total. The van der Waals surface area contributed by atoms with Gasteiger partial charge in [0.25, 0.3) is 5.91 Å². The fraction of sp³-hybridized carbons (Fsp3) is 0.500. The van der Waals surface area contributed by atoms with E-state index in [2.05, 4.69) is 10.6 Å². The first-order valence-corrected chi connectivity index (χ1v) is 8.61. The number of amides is 3. The van der Waals surface area contributed by atoms with E-state index in [1.165, 1.54) is 0 Å². The third-order valence-electron chi connectivity index (χ3n) is 4.06. The van der Waals surface area contributed by atoms with Gasteiger partial charge in [0, 0.05) is 37.8 Å². The Hall–Kier alpha value is -2.57. The summed E-state index contributed by atoms with van der Waals surface area (Å²) in [5.41, 5.74) is 0.634. The van der Waals surface area contributed by atoms with E-state index in [1.807, 2.05) is 6.92 Å². The van der Waals surface area contributed by atoms with Gasteiger partial charge in [-0.2, -0.15) is 0 Å². The van der Waals surface area contributed by atoms with Crippen molar-refractivity contribution in [1.29, 1.82) is 0 Å². The summed E-state index contributed by atoms with van der Waals surface area (Å²) in [5.74, 6) is 0.146. The summed E-state index contributed by atoms with van der Waals surface area (Å²) in [7, 11) is 0. The fourth-order valence-electron chi connectivity index (χ4n) is 2.67. The number of carbonyl (C=O) groups is 3. The number of likely N-dealkylation sites (tertiary alicyclic amines) is 1. The average Bonchev–Trinajstić information content (AvgIpc) is 3.10. The molecule has 0 bridgehead atoms. The van der Waals surface area contributed by atoms with Crippen LogP contribution in [0.15, 0.2) is 24.3 Å². The summed E-state index contributed by atoms with van der Waals surface area (Å²) in [6, 6.07) is 6.93. The molecule has 7 heteroatoms. The van der Waals surface area contributed by atoms with Gasteiger partial charge in [-0.25, -0.2) is 0 Å². The summed E-state index contributed by atoms with van der Waals surface area (Å²) < 4.78 is 5.54. The number of rotatable bonds is 7. The van der Waals surface area contributed by atoms with Crippen LogP contribution in [0, 0.1) is 5.92 Å². The first kappa shape index (κ1) is 18.8. The summed E-state index contributed by atoms with van der Waals surface area (Å²) in [5, 5.41) is 5.53. The minimum Gasteiger partial charge on any atom is -0.484 e. The highest BCUT2D eigenvalue weighted by molar-refractivity contribution is 5.90. The number of carbonyl (C=O) groups excluding carboxylic acids is 3. The smallest absolute Gasteiger partial charge is 0.260 e. The van der Waals surface area contributed by atoms with Gasteiger partial charge in [-0.05, 0) is 25.5 Å². The second-order valence-corrected chi connectivity index (χ2v) is 5.94. The molecule has 1 atom stereocenters. The lowest BCUT2D eigenvalue weighted by atomic mass is 10.1. The maximum Gasteiger partial charge on any atom is 0.260 e. The first-order valence-electron chi connectivity index (χ1n) is 8.61. The molecule has 0 unspecified atom stereocenters. The molecule has 0 spiro atoms. The summed E-state index contributed by atoms with van der Waals surface area (Å²) in [4.78, 5) is 37.2. The van der Waals surface area contributed by atoms with Crippen molar-refractivity contribution < 1.29 is 19.1 Å². The molecule has 0 saturated carbocycles. The summed E-state index contributed by atoms with van der Waals surface area (Å²) in [6.45, 7) is 5.15. The monoisotopic (exact) mass is 347 g/mol. The van der Waals surface area contributed by atoms with Gasteiger partial charge in [0.2, 0.25) is 11.8 Å². The van der Waals surface area contributed by atoms with Crippen molar-refractivity contribution in [1.82, 2.24) is 10.2 Å². The normalized spacial score (nSPS) is 16.4. The molecule has 0 aliphatic carbocycles. The zero-order chi connectivity index (χ0) is 18.2. The molecule has 1 heterocycles. The van der Waals surface area contributed by atoms with Gasteiger partial charge in [0.1, 0.15) is 5.75 Å². The van der Waals surface area contributed by atoms with E-state index in [4.69, 9.17) is 4.74 Å². The molecule has 0 aromatic heterocycles. The molecule has 3 amide bonds. The van der Waals surface area contributed by atoms with Gasteiger partial charge >= 0.3 is 0 Å². The zero-order valence-electron chi connectivity index (χ0n) is 14.7. The van der Waals surface area contributed by atoms with E-state index < -0.39 is 0 Å². The van der Waals surface area contributed by atoms with E-state index in [0.717, 1.165) is 0 Å². The molecular weight excluding hydrogens is 322 g/mol. The van der Waals surface area contributed by atoms with E-state index in [0.29, 0.717) is 43.9 Å². The molecule has 1 aliphatic rings. The van der Waals surface area contributed by atoms with Crippen molar-refractivity contribution in [3.8, 4) is 5.75 Å². The fourth-order valence-corrected chi connectivity index (χ4v) is 2.67. The van der Waals surface area contributed by atoms with Crippen molar-refractivity contribution in [2.45, 2.75) is 26.7 Å². The zero-order valence-corrected chi connectivity index (χ0v) is 14.7. The molecule has 1 aromatic rings. The van der Waals surface area contributed by atoms with Crippen LogP contribution >= 0.6 is 0 Å². The van der Waals surface area contributed by atoms with Crippen LogP contribution in [-0.2, 0) is 14.4 Å². The van der Waals surface area contributed by atoms with Crippen molar-refractivity contribution in [3.05, 3.63) is 24.3 Å². The summed E-state index contributed by atoms with van der Waals surface area (Å²) in [6.07, 6.45) is 1.07. The topological polar surface area (TPSA) is 87.7 Å². The molecule has 1 saturated heterocycles. The highest BCUT2D eigenvalue weighted by Gasteiger charge is 2.30. The highest BCUT2D eigenvalue weighted by Crippen LogP contribution is 2.19. The Kier molecular flexibility index (Phi) is 6.80. The van der Waals surface area contributed by atoms with E-state index in [1.54, 1.807) is 36.1 Å². The Morgan fingerprint density at radius 3 is 2.80 bits per heavy atom. The van der Waals surface area contributed by atoms with Gasteiger partial charge < -0.3 is 20.3 Å². The van der Waals surface area contributed by atoms with Crippen LogP contribution in [0.25, 0.3) is 0 Å². The molecule has 0 radical (unpaired) electrons. The summed E-state index contributed by atoms with van der Waals surface area (Å²) >= 11 is 0. The highest BCUT2D eigenvalue weighted by atomic mass is 16.5. The van der Waals surface area contributed by atoms with Crippen LogP contribution in [0.3, 0.4) is 0 Å². The van der Waals surface area contributed by atoms with Crippen LogP contribution in [-0.4, -0.2) is 48.9 Å². The minimum atomic E-state index is -0.144. The van der Waals surface area contributed by atoms with Crippen LogP contribution in [0.4, 0.5) is 5.69 Å². The van der Waals surface area contributed by atoms with Crippen molar-refractivity contribution >= 4 is 23.4 Å². The van der Waals surface area contributed by atoms with Crippen molar-refractivity contribution in [2.24, 2.45) is 5.92 Å². The SMILES string of the molecule is CCNC(=O)[C@@H]1CCN(C(=O)COc2cccc(NC(=O)CC)c2)C1. The van der Waals surface area contributed by atoms with Crippen molar-refractivity contribution in [3.63, 3.8) is 0 Å². The molecule has 25 heavy (non-hydrogen) atoms. The Morgan fingerprint density at radius 2 is 2.08 bits per heavy atom. The minimum absolute atomic E-state index is 0.00177. The molecule has 1 fully saturated rings. The van der Waals surface area contributed by atoms with Crippen LogP contribution < -0.4 is 15.4 Å². The molecule has 136 valence electrons. The molecule has 1 aromatic carbocycles. The average molecular weight is 347 g/mol. The predicted molar refractivity (Wildman–Crippen MR) is 94.2 cm³/mol. The Labute approximate surface area is 147 Å². The molecule has 2 rings (SSSR count). The lowest BCUT2D eigenvalue weighted by Crippen LogP contribution is -2.36. The lowest BCUT2D eigenvalue weighted by Gasteiger charge is -2.17. The number of nitrogens with one attached hydrogen (secondary N) is 2. The van der Waals surface area contributed by atoms with Gasteiger partial charge in [-0.15, -0.1) is 0 Å². The van der Waals surface area contributed by atoms with E-state index >= 15 is 0 Å². The number of benzene rings is 1. The molecular formula is C18H25N3O4. The maximum atomic E-state index is 12.3.